The smallest absolute Gasteiger partial charge is 0.0714 e. The van der Waals surface area contributed by atoms with Crippen LogP contribution in [0.1, 0.15) is 22.3 Å². The summed E-state index contributed by atoms with van der Waals surface area (Å²) < 4.78 is 0. The third-order valence-electron chi connectivity index (χ3n) is 13.1. The molecule has 0 N–H and O–H groups in total. The van der Waals surface area contributed by atoms with Crippen molar-refractivity contribution in [3.63, 3.8) is 0 Å². The van der Waals surface area contributed by atoms with Crippen LogP contribution in [0.4, 0.5) is 17.1 Å². The molecule has 0 amide bonds. The van der Waals surface area contributed by atoms with E-state index in [2.05, 4.69) is 254 Å². The van der Waals surface area contributed by atoms with Crippen LogP contribution in [0.25, 0.3) is 66.8 Å². The van der Waals surface area contributed by atoms with Crippen LogP contribution < -0.4 is 4.90 Å². The fraction of sp³-hybridized carbons (Fsp3) is 0.0164. The summed E-state index contributed by atoms with van der Waals surface area (Å²) in [6.07, 6.45) is 0. The van der Waals surface area contributed by atoms with Crippen molar-refractivity contribution in [2.45, 2.75) is 5.41 Å². The first-order valence-corrected chi connectivity index (χ1v) is 21.5. The predicted molar refractivity (Wildman–Crippen MR) is 259 cm³/mol. The first-order valence-electron chi connectivity index (χ1n) is 21.5. The molecule has 0 bridgehead atoms. The van der Waals surface area contributed by atoms with Crippen molar-refractivity contribution in [1.82, 2.24) is 0 Å². The molecule has 0 heterocycles. The normalized spacial score (nSPS) is 12.6. The van der Waals surface area contributed by atoms with E-state index in [1.807, 2.05) is 0 Å². The highest BCUT2D eigenvalue weighted by Crippen LogP contribution is 2.60. The molecule has 12 rings (SSSR count). The Hall–Kier alpha value is -8.00. The minimum Gasteiger partial charge on any atom is -0.309 e. The Labute approximate surface area is 363 Å². The first kappa shape index (κ1) is 35.9. The Balaban J connectivity index is 1.18. The summed E-state index contributed by atoms with van der Waals surface area (Å²) in [4.78, 5) is 2.53. The zero-order valence-corrected chi connectivity index (χ0v) is 34.1. The topological polar surface area (TPSA) is 3.24 Å². The van der Waals surface area contributed by atoms with E-state index < -0.39 is 5.41 Å². The van der Waals surface area contributed by atoms with Gasteiger partial charge in [-0.15, -0.1) is 0 Å². The molecule has 10 aromatic carbocycles. The predicted octanol–water partition coefficient (Wildman–Crippen LogP) is 16.2. The molecule has 10 aromatic rings. The zero-order chi connectivity index (χ0) is 41.0. The van der Waals surface area contributed by atoms with E-state index in [-0.39, 0.29) is 0 Å². The molecule has 0 saturated heterocycles. The molecule has 0 atom stereocenters. The quantitative estimate of drug-likeness (QED) is 0.162. The summed E-state index contributed by atoms with van der Waals surface area (Å²) in [7, 11) is 0. The highest BCUT2D eigenvalue weighted by molar-refractivity contribution is 6.05. The Bertz CT molecular complexity index is 3250. The van der Waals surface area contributed by atoms with Gasteiger partial charge in [-0.05, 0) is 102 Å². The van der Waals surface area contributed by atoms with Crippen LogP contribution in [0, 0.1) is 0 Å². The van der Waals surface area contributed by atoms with E-state index in [9.17, 15) is 0 Å². The Morgan fingerprint density at radius 3 is 1.23 bits per heavy atom. The van der Waals surface area contributed by atoms with Gasteiger partial charge in [0.15, 0.2) is 0 Å². The van der Waals surface area contributed by atoms with Crippen LogP contribution in [0.15, 0.2) is 249 Å². The standard InChI is InChI=1S/C61H41N/c1-4-21-42(22-5-1)46-27-17-19-37-58(46)62(45-39-40-53-51-32-13-12-30-49(51)47-28-10-11-29-48(47)50-31-14-15-33-52(50)55(53)41-45)59-38-20-36-57-60(59)54-34-16-18-35-56(54)61(57,43-23-6-2-7-24-43)44-25-8-3-9-26-44/h1-41H. The molecule has 290 valence electrons. The molecule has 1 heteroatoms. The zero-order valence-electron chi connectivity index (χ0n) is 34.1. The minimum atomic E-state index is -0.531. The lowest BCUT2D eigenvalue weighted by atomic mass is 9.68. The summed E-state index contributed by atoms with van der Waals surface area (Å²) in [6, 6.07) is 91.8. The maximum Gasteiger partial charge on any atom is 0.0714 e. The number of para-hydroxylation sites is 1. The lowest BCUT2D eigenvalue weighted by Gasteiger charge is -2.35. The van der Waals surface area contributed by atoms with Gasteiger partial charge in [0, 0.05) is 16.8 Å². The van der Waals surface area contributed by atoms with Gasteiger partial charge in [0.1, 0.15) is 0 Å². The molecule has 2 aliphatic rings. The van der Waals surface area contributed by atoms with Crippen LogP contribution in [-0.4, -0.2) is 0 Å². The molecule has 0 aromatic heterocycles. The van der Waals surface area contributed by atoms with Crippen molar-refractivity contribution in [3.8, 4) is 66.8 Å². The summed E-state index contributed by atoms with van der Waals surface area (Å²) in [5, 5.41) is 0. The Kier molecular flexibility index (Phi) is 8.47. The second-order valence-electron chi connectivity index (χ2n) is 16.3. The minimum absolute atomic E-state index is 0.531. The van der Waals surface area contributed by atoms with Gasteiger partial charge in [0.25, 0.3) is 0 Å². The van der Waals surface area contributed by atoms with Crippen LogP contribution in [-0.2, 0) is 5.41 Å². The second-order valence-corrected chi connectivity index (χ2v) is 16.3. The molecule has 0 spiro atoms. The van der Waals surface area contributed by atoms with Crippen LogP contribution in [0.2, 0.25) is 0 Å². The number of nitrogens with zero attached hydrogens (tertiary/aromatic N) is 1. The third-order valence-corrected chi connectivity index (χ3v) is 13.1. The SMILES string of the molecule is c1ccc(-c2ccccc2N(c2ccc3c(c2)-c2ccccc2-c2ccccc2-c2ccccc2-3)c2cccc3c2-c2ccccc2C3(c2ccccc2)c2ccccc2)cc1. The summed E-state index contributed by atoms with van der Waals surface area (Å²) in [5.74, 6) is 0. The number of anilines is 3. The van der Waals surface area contributed by atoms with Crippen LogP contribution in [0.3, 0.4) is 0 Å². The number of hydrogen-bond acceptors (Lipinski definition) is 1. The second kappa shape index (κ2) is 14.6. The summed E-state index contributed by atoms with van der Waals surface area (Å²) in [5.41, 5.74) is 22.6. The lowest BCUT2D eigenvalue weighted by Crippen LogP contribution is -2.28. The average molecular weight is 788 g/mol. The molecule has 0 radical (unpaired) electrons. The maximum atomic E-state index is 2.53. The van der Waals surface area contributed by atoms with Gasteiger partial charge in [0.05, 0.1) is 16.8 Å². The molecule has 2 aliphatic carbocycles. The highest BCUT2D eigenvalue weighted by Gasteiger charge is 2.47. The lowest BCUT2D eigenvalue weighted by molar-refractivity contribution is 0.768. The third kappa shape index (κ3) is 5.42. The van der Waals surface area contributed by atoms with E-state index in [4.69, 9.17) is 0 Å². The van der Waals surface area contributed by atoms with Crippen molar-refractivity contribution in [1.29, 1.82) is 0 Å². The first-order chi connectivity index (χ1) is 30.8. The van der Waals surface area contributed by atoms with Gasteiger partial charge in [-0.3, -0.25) is 0 Å². The van der Waals surface area contributed by atoms with Gasteiger partial charge < -0.3 is 4.90 Å². The summed E-state index contributed by atoms with van der Waals surface area (Å²) >= 11 is 0. The van der Waals surface area contributed by atoms with Crippen molar-refractivity contribution in [2.75, 3.05) is 4.90 Å². The van der Waals surface area contributed by atoms with Crippen molar-refractivity contribution in [3.05, 3.63) is 271 Å². The van der Waals surface area contributed by atoms with Gasteiger partial charge in [0.2, 0.25) is 0 Å². The van der Waals surface area contributed by atoms with E-state index in [1.165, 1.54) is 89.0 Å². The fourth-order valence-electron chi connectivity index (χ4n) is 10.6. The molecule has 62 heavy (non-hydrogen) atoms. The molecular weight excluding hydrogens is 747 g/mol. The van der Waals surface area contributed by atoms with E-state index >= 15 is 0 Å². The molecule has 1 nitrogen and oxygen atoms in total. The van der Waals surface area contributed by atoms with Gasteiger partial charge >= 0.3 is 0 Å². The number of fused-ring (bicyclic) bond motifs is 11. The fourth-order valence-corrected chi connectivity index (χ4v) is 10.6. The average Bonchev–Trinajstić information content (AvgIpc) is 3.66. The van der Waals surface area contributed by atoms with E-state index in [1.54, 1.807) is 0 Å². The number of rotatable bonds is 6. The highest BCUT2D eigenvalue weighted by atomic mass is 15.1. The summed E-state index contributed by atoms with van der Waals surface area (Å²) in [6.45, 7) is 0. The maximum absolute atomic E-state index is 2.53. The van der Waals surface area contributed by atoms with Gasteiger partial charge in [-0.1, -0.05) is 224 Å². The van der Waals surface area contributed by atoms with E-state index in [0.29, 0.717) is 0 Å². The number of benzene rings is 10. The van der Waals surface area contributed by atoms with Crippen LogP contribution in [0.5, 0.6) is 0 Å². The molecular formula is C61H41N. The molecule has 0 unspecified atom stereocenters. The molecule has 0 saturated carbocycles. The van der Waals surface area contributed by atoms with Crippen LogP contribution >= 0.6 is 0 Å². The molecule has 0 fully saturated rings. The van der Waals surface area contributed by atoms with Crippen molar-refractivity contribution in [2.24, 2.45) is 0 Å². The monoisotopic (exact) mass is 787 g/mol. The Morgan fingerprint density at radius 1 is 0.258 bits per heavy atom. The van der Waals surface area contributed by atoms with Crippen molar-refractivity contribution >= 4 is 17.1 Å². The van der Waals surface area contributed by atoms with Gasteiger partial charge in [-0.25, -0.2) is 0 Å². The van der Waals surface area contributed by atoms with Crippen molar-refractivity contribution < 1.29 is 0 Å². The molecule has 0 aliphatic heterocycles. The van der Waals surface area contributed by atoms with E-state index in [0.717, 1.165) is 17.1 Å². The van der Waals surface area contributed by atoms with Gasteiger partial charge in [-0.2, -0.15) is 0 Å². The Morgan fingerprint density at radius 2 is 0.661 bits per heavy atom. The number of hydrogen-bond donors (Lipinski definition) is 0. The largest absolute Gasteiger partial charge is 0.309 e.